The molecule has 1 fully saturated rings. The molecule has 1 aliphatic heterocycles. The summed E-state index contributed by atoms with van der Waals surface area (Å²) in [5, 5.41) is 6.02. The van der Waals surface area contributed by atoms with Gasteiger partial charge < -0.3 is 15.3 Å². The average molecular weight is 358 g/mol. The second kappa shape index (κ2) is 6.54. The van der Waals surface area contributed by atoms with E-state index in [1.807, 2.05) is 18.5 Å². The van der Waals surface area contributed by atoms with Gasteiger partial charge in [-0.15, -0.1) is 0 Å². The Kier molecular flexibility index (Phi) is 4.01. The van der Waals surface area contributed by atoms with Crippen LogP contribution in [0.4, 0.5) is 0 Å². The second-order valence-corrected chi connectivity index (χ2v) is 8.02. The van der Waals surface area contributed by atoms with Crippen molar-refractivity contribution in [2.75, 3.05) is 13.1 Å². The highest BCUT2D eigenvalue weighted by Gasteiger charge is 2.21. The van der Waals surface area contributed by atoms with Crippen LogP contribution in [0.25, 0.3) is 33.1 Å². The summed E-state index contributed by atoms with van der Waals surface area (Å²) in [4.78, 5) is 11.4. The van der Waals surface area contributed by atoms with Crippen molar-refractivity contribution in [3.63, 3.8) is 0 Å². The van der Waals surface area contributed by atoms with Crippen LogP contribution in [0.2, 0.25) is 0 Å². The zero-order valence-corrected chi connectivity index (χ0v) is 16.0. The van der Waals surface area contributed by atoms with Crippen molar-refractivity contribution in [1.29, 1.82) is 0 Å². The lowest BCUT2D eigenvalue weighted by Crippen LogP contribution is -2.26. The minimum atomic E-state index is 0.443. The van der Waals surface area contributed by atoms with Crippen molar-refractivity contribution < 1.29 is 0 Å². The summed E-state index contributed by atoms with van der Waals surface area (Å²) in [6.45, 7) is 6.83. The number of piperidine rings is 1. The highest BCUT2D eigenvalue weighted by molar-refractivity contribution is 6.00. The lowest BCUT2D eigenvalue weighted by atomic mass is 9.88. The maximum Gasteiger partial charge on any atom is 0.0522 e. The van der Waals surface area contributed by atoms with Crippen LogP contribution in [-0.4, -0.2) is 28.0 Å². The molecule has 5 rings (SSSR count). The van der Waals surface area contributed by atoms with Crippen molar-refractivity contribution in [3.05, 3.63) is 54.0 Å². The van der Waals surface area contributed by atoms with Crippen molar-refractivity contribution >= 4 is 21.8 Å². The van der Waals surface area contributed by atoms with Crippen molar-refractivity contribution in [2.24, 2.45) is 0 Å². The van der Waals surface area contributed by atoms with E-state index in [2.05, 4.69) is 58.5 Å². The highest BCUT2D eigenvalue weighted by atomic mass is 14.9. The Morgan fingerprint density at radius 3 is 2.70 bits per heavy atom. The van der Waals surface area contributed by atoms with Gasteiger partial charge in [0.2, 0.25) is 0 Å². The number of H-pyrrole nitrogens is 2. The van der Waals surface area contributed by atoms with Gasteiger partial charge in [-0.3, -0.25) is 4.98 Å². The molecule has 3 aromatic heterocycles. The molecular formula is C23H26N4. The number of fused-ring (bicyclic) bond motifs is 2. The minimum absolute atomic E-state index is 0.443. The van der Waals surface area contributed by atoms with Crippen LogP contribution in [0.15, 0.2) is 42.9 Å². The molecular weight excluding hydrogens is 332 g/mol. The third-order valence-electron chi connectivity index (χ3n) is 6.00. The summed E-state index contributed by atoms with van der Waals surface area (Å²) in [7, 11) is 0. The number of pyridine rings is 1. The second-order valence-electron chi connectivity index (χ2n) is 8.02. The molecule has 4 aromatic rings. The first-order chi connectivity index (χ1) is 13.2. The largest absolute Gasteiger partial charge is 0.360 e. The molecule has 0 bridgehead atoms. The van der Waals surface area contributed by atoms with E-state index >= 15 is 0 Å². The number of nitrogens with one attached hydrogen (secondary N) is 3. The van der Waals surface area contributed by atoms with Crippen LogP contribution in [0, 0.1) is 0 Å². The van der Waals surface area contributed by atoms with Crippen LogP contribution in [0.3, 0.4) is 0 Å². The normalized spacial score (nSPS) is 16.0. The quantitative estimate of drug-likeness (QED) is 0.465. The van der Waals surface area contributed by atoms with Gasteiger partial charge in [0, 0.05) is 46.0 Å². The van der Waals surface area contributed by atoms with Crippen molar-refractivity contribution in [3.8, 4) is 11.3 Å². The Bertz CT molecular complexity index is 1100. The molecule has 3 N–H and O–H groups in total. The fraction of sp³-hybridized carbons (Fsp3) is 0.348. The van der Waals surface area contributed by atoms with Crippen molar-refractivity contribution in [1.82, 2.24) is 20.3 Å². The smallest absolute Gasteiger partial charge is 0.0522 e. The molecule has 0 aliphatic carbocycles. The molecule has 1 saturated heterocycles. The maximum atomic E-state index is 4.34. The third-order valence-corrected chi connectivity index (χ3v) is 6.00. The van der Waals surface area contributed by atoms with Gasteiger partial charge in [-0.25, -0.2) is 0 Å². The first-order valence-corrected chi connectivity index (χ1v) is 10.00. The summed E-state index contributed by atoms with van der Waals surface area (Å²) in [6, 6.07) is 9.06. The van der Waals surface area contributed by atoms with E-state index in [1.54, 1.807) is 0 Å². The number of aromatic amines is 2. The number of hydrogen-bond acceptors (Lipinski definition) is 2. The van der Waals surface area contributed by atoms with Crippen LogP contribution in [0.5, 0.6) is 0 Å². The number of nitrogens with zero attached hydrogens (tertiary/aromatic N) is 1. The average Bonchev–Trinajstić information content (AvgIpc) is 3.29. The summed E-state index contributed by atoms with van der Waals surface area (Å²) >= 11 is 0. The third kappa shape index (κ3) is 2.76. The molecule has 0 amide bonds. The van der Waals surface area contributed by atoms with Crippen molar-refractivity contribution in [2.45, 2.75) is 38.5 Å². The molecule has 0 radical (unpaired) electrons. The predicted molar refractivity (Wildman–Crippen MR) is 112 cm³/mol. The predicted octanol–water partition coefficient (Wildman–Crippen LogP) is 5.30. The van der Waals surface area contributed by atoms with Gasteiger partial charge in [0.1, 0.15) is 0 Å². The van der Waals surface area contributed by atoms with Gasteiger partial charge in [-0.05, 0) is 67.1 Å². The molecule has 0 unspecified atom stereocenters. The van der Waals surface area contributed by atoms with E-state index in [0.717, 1.165) is 18.6 Å². The van der Waals surface area contributed by atoms with E-state index in [1.165, 1.54) is 51.5 Å². The van der Waals surface area contributed by atoms with Gasteiger partial charge in [0.15, 0.2) is 0 Å². The zero-order chi connectivity index (χ0) is 18.4. The van der Waals surface area contributed by atoms with E-state index in [-0.39, 0.29) is 0 Å². The van der Waals surface area contributed by atoms with E-state index in [4.69, 9.17) is 0 Å². The minimum Gasteiger partial charge on any atom is -0.360 e. The molecule has 138 valence electrons. The Morgan fingerprint density at radius 1 is 1.04 bits per heavy atom. The lowest BCUT2D eigenvalue weighted by molar-refractivity contribution is 0.460. The summed E-state index contributed by atoms with van der Waals surface area (Å²) in [5.74, 6) is 1.12. The molecule has 27 heavy (non-hydrogen) atoms. The first kappa shape index (κ1) is 16.6. The van der Waals surface area contributed by atoms with E-state index in [9.17, 15) is 0 Å². The number of aromatic nitrogens is 3. The molecule has 1 aliphatic rings. The van der Waals surface area contributed by atoms with Gasteiger partial charge >= 0.3 is 0 Å². The zero-order valence-electron chi connectivity index (χ0n) is 16.0. The fourth-order valence-corrected chi connectivity index (χ4v) is 4.62. The summed E-state index contributed by atoms with van der Waals surface area (Å²) in [6.07, 6.45) is 8.36. The topological polar surface area (TPSA) is 56.5 Å². The molecule has 0 saturated carbocycles. The highest BCUT2D eigenvalue weighted by Crippen LogP contribution is 2.39. The van der Waals surface area contributed by atoms with E-state index < -0.39 is 0 Å². The van der Waals surface area contributed by atoms with Gasteiger partial charge in [0.25, 0.3) is 0 Å². The Balaban J connectivity index is 1.69. The molecule has 0 spiro atoms. The maximum absolute atomic E-state index is 4.34. The standard InChI is InChI=1S/C23H26N4/c1-14(2)22-17-11-16(15-5-8-24-9-6-15)3-4-21(17)27-23(22)19-13-26-20-7-10-25-12-18(19)20/h3-4,7,10-15,24,26-27H,5-6,8-9H2,1-2H3. The van der Waals surface area contributed by atoms with E-state index in [0.29, 0.717) is 11.8 Å². The number of rotatable bonds is 3. The SMILES string of the molecule is CC(C)c1c(-c2c[nH]c3ccncc23)[nH]c2ccc(C3CCNCC3)cc12. The monoisotopic (exact) mass is 358 g/mol. The lowest BCUT2D eigenvalue weighted by Gasteiger charge is -2.23. The molecule has 0 atom stereocenters. The Hall–Kier alpha value is -2.59. The fourth-order valence-electron chi connectivity index (χ4n) is 4.62. The Labute approximate surface area is 159 Å². The Morgan fingerprint density at radius 2 is 1.89 bits per heavy atom. The molecule has 4 nitrogen and oxygen atoms in total. The van der Waals surface area contributed by atoms with Crippen LogP contribution in [-0.2, 0) is 0 Å². The molecule has 4 heteroatoms. The van der Waals surface area contributed by atoms with Crippen LogP contribution >= 0.6 is 0 Å². The van der Waals surface area contributed by atoms with Crippen LogP contribution < -0.4 is 5.32 Å². The first-order valence-electron chi connectivity index (χ1n) is 10.00. The summed E-state index contributed by atoms with van der Waals surface area (Å²) in [5.41, 5.74) is 7.68. The molecule has 1 aromatic carbocycles. The van der Waals surface area contributed by atoms with Gasteiger partial charge in [-0.2, -0.15) is 0 Å². The number of benzene rings is 1. The van der Waals surface area contributed by atoms with Gasteiger partial charge in [-0.1, -0.05) is 19.9 Å². The number of hydrogen-bond donors (Lipinski definition) is 3. The summed E-state index contributed by atoms with van der Waals surface area (Å²) < 4.78 is 0. The van der Waals surface area contributed by atoms with Gasteiger partial charge in [0.05, 0.1) is 5.69 Å². The molecule has 4 heterocycles. The van der Waals surface area contributed by atoms with Crippen LogP contribution in [0.1, 0.15) is 49.7 Å².